The molecule has 2 aromatic carbocycles. The number of hydrogen-bond acceptors (Lipinski definition) is 6. The van der Waals surface area contributed by atoms with Crippen LogP contribution in [0.15, 0.2) is 66.9 Å². The van der Waals surface area contributed by atoms with Crippen LogP contribution in [-0.2, 0) is 14.4 Å². The third-order valence-electron chi connectivity index (χ3n) is 8.04. The van der Waals surface area contributed by atoms with Crippen molar-refractivity contribution in [2.45, 2.75) is 68.7 Å². The number of carbonyl (C=O) groups is 3. The van der Waals surface area contributed by atoms with Gasteiger partial charge in [-0.3, -0.25) is 24.2 Å². The second kappa shape index (κ2) is 13.3. The second-order valence-electron chi connectivity index (χ2n) is 11.1. The number of carbonyl (C=O) groups excluding carboxylic acids is 3. The van der Waals surface area contributed by atoms with Gasteiger partial charge in [-0.2, -0.15) is 5.26 Å². The van der Waals surface area contributed by atoms with Crippen molar-refractivity contribution in [1.82, 2.24) is 10.3 Å². The van der Waals surface area contributed by atoms with Crippen LogP contribution in [0.4, 0.5) is 24.7 Å². The Hall–Kier alpha value is -4.47. The molecule has 1 aromatic heterocycles. The number of benzene rings is 2. The summed E-state index contributed by atoms with van der Waals surface area (Å²) < 4.78 is 42.3. The molecule has 2 N–H and O–H groups in total. The number of rotatable bonds is 8. The quantitative estimate of drug-likeness (QED) is 0.354. The lowest BCUT2D eigenvalue weighted by Gasteiger charge is -2.35. The van der Waals surface area contributed by atoms with Crippen molar-refractivity contribution in [1.29, 1.82) is 5.26 Å². The summed E-state index contributed by atoms with van der Waals surface area (Å²) in [5.74, 6) is -5.61. The number of nitrogens with one attached hydrogen (secondary N) is 1. The Kier molecular flexibility index (Phi) is 9.41. The molecule has 3 aromatic rings. The lowest BCUT2D eigenvalue weighted by Crippen LogP contribution is -2.49. The molecule has 5 rings (SSSR count). The number of anilines is 2. The molecule has 13 heteroatoms. The standard InChI is InChI=1S/C32H29ClF3N5O4/c33-25-7-2-1-6-24(25)29(30(44)39-21-8-11-32(35,36)12-9-21)41(22-5-3-4-20(34)15-22)28(43)17-23-16-26(42)31(45)40(23)27-14-19(18-37)10-13-38-27/h1-7,10,13-15,21,23,26,29,42H,8-9,11-12,16-17H2,(H,39,44)/t23-,26-,29-/m0/s1. The summed E-state index contributed by atoms with van der Waals surface area (Å²) in [5.41, 5.74) is 0.422. The van der Waals surface area contributed by atoms with E-state index in [1.807, 2.05) is 6.07 Å². The lowest BCUT2D eigenvalue weighted by molar-refractivity contribution is -0.128. The molecule has 0 radical (unpaired) electrons. The number of nitrogens with zero attached hydrogens (tertiary/aromatic N) is 4. The van der Waals surface area contributed by atoms with Crippen LogP contribution in [0.1, 0.15) is 55.7 Å². The average Bonchev–Trinajstić information content (AvgIpc) is 3.29. The summed E-state index contributed by atoms with van der Waals surface area (Å²) in [6.45, 7) is 0. The maximum Gasteiger partial charge on any atom is 0.257 e. The molecule has 3 atom stereocenters. The van der Waals surface area contributed by atoms with E-state index in [1.54, 1.807) is 12.1 Å². The van der Waals surface area contributed by atoms with Crippen LogP contribution in [0.5, 0.6) is 0 Å². The van der Waals surface area contributed by atoms with Gasteiger partial charge in [0, 0.05) is 54.2 Å². The van der Waals surface area contributed by atoms with Crippen LogP contribution in [-0.4, -0.2) is 51.9 Å². The van der Waals surface area contributed by atoms with Crippen LogP contribution in [0.25, 0.3) is 0 Å². The van der Waals surface area contributed by atoms with Gasteiger partial charge in [0.25, 0.3) is 5.91 Å². The Bertz CT molecular complexity index is 1640. The minimum absolute atomic E-state index is 0.0104. The molecule has 1 aliphatic heterocycles. The lowest BCUT2D eigenvalue weighted by atomic mass is 9.91. The third-order valence-corrected chi connectivity index (χ3v) is 8.38. The van der Waals surface area contributed by atoms with E-state index in [1.165, 1.54) is 48.7 Å². The molecule has 2 fully saturated rings. The largest absolute Gasteiger partial charge is 0.383 e. The SMILES string of the molecule is N#Cc1ccnc(N2C(=O)[C@@H](O)C[C@H]2CC(=O)N(c2cccc(F)c2)[C@H](C(=O)NC2CCC(F)(F)CC2)c2ccccc2Cl)c1. The van der Waals surface area contributed by atoms with E-state index >= 15 is 0 Å². The Morgan fingerprint density at radius 2 is 1.89 bits per heavy atom. The highest BCUT2D eigenvalue weighted by atomic mass is 35.5. The average molecular weight is 640 g/mol. The van der Waals surface area contributed by atoms with E-state index in [9.17, 15) is 37.9 Å². The van der Waals surface area contributed by atoms with Crippen molar-refractivity contribution in [3.05, 3.63) is 88.8 Å². The minimum atomic E-state index is -2.83. The number of amides is 3. The first-order valence-electron chi connectivity index (χ1n) is 14.3. The van der Waals surface area contributed by atoms with Gasteiger partial charge in [-0.05, 0) is 49.2 Å². The Morgan fingerprint density at radius 3 is 2.58 bits per heavy atom. The Balaban J connectivity index is 1.53. The molecule has 2 heterocycles. The molecule has 234 valence electrons. The van der Waals surface area contributed by atoms with Gasteiger partial charge in [0.05, 0.1) is 17.7 Å². The number of hydrogen-bond donors (Lipinski definition) is 2. The van der Waals surface area contributed by atoms with Gasteiger partial charge in [-0.25, -0.2) is 18.2 Å². The topological polar surface area (TPSA) is 127 Å². The van der Waals surface area contributed by atoms with Gasteiger partial charge < -0.3 is 10.4 Å². The predicted molar refractivity (Wildman–Crippen MR) is 159 cm³/mol. The summed E-state index contributed by atoms with van der Waals surface area (Å²) in [6.07, 6.45) is -1.48. The molecule has 1 saturated heterocycles. The number of halogens is 4. The molecule has 45 heavy (non-hydrogen) atoms. The highest BCUT2D eigenvalue weighted by molar-refractivity contribution is 6.31. The smallest absolute Gasteiger partial charge is 0.257 e. The van der Waals surface area contributed by atoms with E-state index in [4.69, 9.17) is 11.6 Å². The maximum absolute atomic E-state index is 14.6. The van der Waals surface area contributed by atoms with E-state index in [0.29, 0.717) is 0 Å². The van der Waals surface area contributed by atoms with Gasteiger partial charge in [0.1, 0.15) is 23.8 Å². The Labute approximate surface area is 262 Å². The molecule has 0 bridgehead atoms. The van der Waals surface area contributed by atoms with E-state index in [0.717, 1.165) is 15.9 Å². The maximum atomic E-state index is 14.6. The summed E-state index contributed by atoms with van der Waals surface area (Å²) >= 11 is 6.54. The number of nitriles is 1. The van der Waals surface area contributed by atoms with E-state index in [2.05, 4.69) is 10.3 Å². The third kappa shape index (κ3) is 7.10. The van der Waals surface area contributed by atoms with Crippen LogP contribution >= 0.6 is 11.6 Å². The van der Waals surface area contributed by atoms with Gasteiger partial charge >= 0.3 is 0 Å². The zero-order chi connectivity index (χ0) is 32.3. The predicted octanol–water partition coefficient (Wildman–Crippen LogP) is 5.07. The van der Waals surface area contributed by atoms with Crippen molar-refractivity contribution in [3.8, 4) is 6.07 Å². The van der Waals surface area contributed by atoms with Gasteiger partial charge in [-0.1, -0.05) is 35.9 Å². The summed E-state index contributed by atoms with van der Waals surface area (Å²) in [4.78, 5) is 47.7. The van der Waals surface area contributed by atoms with Crippen molar-refractivity contribution in [3.63, 3.8) is 0 Å². The molecular weight excluding hydrogens is 611 g/mol. The molecule has 2 aliphatic rings. The zero-order valence-electron chi connectivity index (χ0n) is 23.9. The number of alkyl halides is 2. The van der Waals surface area contributed by atoms with Crippen molar-refractivity contribution < 1.29 is 32.7 Å². The second-order valence-corrected chi connectivity index (χ2v) is 11.5. The first-order valence-corrected chi connectivity index (χ1v) is 14.7. The van der Waals surface area contributed by atoms with Gasteiger partial charge in [0.2, 0.25) is 17.7 Å². The van der Waals surface area contributed by atoms with E-state index < -0.39 is 73.0 Å². The highest BCUT2D eigenvalue weighted by Crippen LogP contribution is 2.37. The Morgan fingerprint density at radius 1 is 1.16 bits per heavy atom. The fraction of sp³-hybridized carbons (Fsp3) is 0.344. The van der Waals surface area contributed by atoms with Crippen molar-refractivity contribution in [2.24, 2.45) is 0 Å². The number of aromatic nitrogens is 1. The number of pyridine rings is 1. The van der Waals surface area contributed by atoms with Crippen LogP contribution < -0.4 is 15.1 Å². The minimum Gasteiger partial charge on any atom is -0.383 e. The molecule has 3 amide bonds. The zero-order valence-corrected chi connectivity index (χ0v) is 24.6. The number of aliphatic hydroxyl groups excluding tert-OH is 1. The molecule has 1 aliphatic carbocycles. The van der Waals surface area contributed by atoms with E-state index in [-0.39, 0.29) is 46.9 Å². The monoisotopic (exact) mass is 639 g/mol. The van der Waals surface area contributed by atoms with Crippen LogP contribution in [0.2, 0.25) is 5.02 Å². The molecular formula is C32H29ClF3N5O4. The van der Waals surface area contributed by atoms with Gasteiger partial charge in [-0.15, -0.1) is 0 Å². The molecule has 0 unspecified atom stereocenters. The van der Waals surface area contributed by atoms with Crippen molar-refractivity contribution >= 4 is 40.8 Å². The first-order chi connectivity index (χ1) is 21.5. The van der Waals surface area contributed by atoms with Crippen LogP contribution in [0, 0.1) is 17.1 Å². The summed E-state index contributed by atoms with van der Waals surface area (Å²) in [7, 11) is 0. The van der Waals surface area contributed by atoms with Crippen LogP contribution in [0.3, 0.4) is 0 Å². The number of aliphatic hydroxyl groups is 1. The normalized spacial score (nSPS) is 20.4. The fourth-order valence-corrected chi connectivity index (χ4v) is 6.06. The summed E-state index contributed by atoms with van der Waals surface area (Å²) in [6, 6.07) is 13.1. The molecule has 9 nitrogen and oxygen atoms in total. The summed E-state index contributed by atoms with van der Waals surface area (Å²) in [5, 5.41) is 22.7. The fourth-order valence-electron chi connectivity index (χ4n) is 5.82. The molecule has 0 spiro atoms. The highest BCUT2D eigenvalue weighted by Gasteiger charge is 2.44. The first kappa shape index (κ1) is 31.9. The molecule has 1 saturated carbocycles. The van der Waals surface area contributed by atoms with Gasteiger partial charge in [0.15, 0.2) is 0 Å². The van der Waals surface area contributed by atoms with Crippen molar-refractivity contribution in [2.75, 3.05) is 9.80 Å².